The van der Waals surface area contributed by atoms with Crippen LogP contribution in [-0.2, 0) is 0 Å². The molecule has 3 aromatic rings. The Morgan fingerprint density at radius 1 is 1.04 bits per heavy atom. The average molecular weight is 359 g/mol. The van der Waals surface area contributed by atoms with Crippen LogP contribution in [0.25, 0.3) is 16.8 Å². The number of aliphatic imine (C=N–C) groups is 1. The predicted octanol–water partition coefficient (Wildman–Crippen LogP) is 4.94. The lowest BCUT2D eigenvalue weighted by molar-refractivity contribution is 1.20. The molecule has 5 heteroatoms. The Morgan fingerprint density at radius 2 is 1.78 bits per heavy atom. The molecule has 2 N–H and O–H groups in total. The summed E-state index contributed by atoms with van der Waals surface area (Å²) in [6.45, 7) is 8.06. The van der Waals surface area contributed by atoms with Crippen molar-refractivity contribution in [2.24, 2.45) is 10.7 Å². The monoisotopic (exact) mass is 359 g/mol. The topological polar surface area (TPSA) is 77.0 Å². The van der Waals surface area contributed by atoms with E-state index in [4.69, 9.17) is 10.7 Å². The van der Waals surface area contributed by atoms with Crippen molar-refractivity contribution in [1.82, 2.24) is 15.0 Å². The molecule has 3 rings (SSSR count). The van der Waals surface area contributed by atoms with E-state index >= 15 is 0 Å². The molecule has 0 atom stereocenters. The summed E-state index contributed by atoms with van der Waals surface area (Å²) in [5, 5.41) is 0. The van der Waals surface area contributed by atoms with Gasteiger partial charge in [-0.15, -0.1) is 0 Å². The molecule has 0 fully saturated rings. The van der Waals surface area contributed by atoms with Gasteiger partial charge in [0.15, 0.2) is 5.82 Å². The van der Waals surface area contributed by atoms with Crippen LogP contribution in [0, 0.1) is 6.92 Å². The average Bonchev–Trinajstić information content (AvgIpc) is 2.73. The summed E-state index contributed by atoms with van der Waals surface area (Å²) in [6.07, 6.45) is 8.62. The van der Waals surface area contributed by atoms with Gasteiger partial charge < -0.3 is 5.73 Å². The zero-order chi connectivity index (χ0) is 19.6. The molecule has 0 saturated heterocycles. The zero-order valence-electron chi connectivity index (χ0n) is 16.2. The Hall–Kier alpha value is -3.34. The van der Waals surface area contributed by atoms with Gasteiger partial charge in [-0.2, -0.15) is 0 Å². The summed E-state index contributed by atoms with van der Waals surface area (Å²) in [5.74, 6) is 0.580. The van der Waals surface area contributed by atoms with E-state index in [2.05, 4.69) is 34.0 Å². The summed E-state index contributed by atoms with van der Waals surface area (Å²) in [7, 11) is 0. The van der Waals surface area contributed by atoms with E-state index in [1.807, 2.05) is 51.1 Å². The summed E-state index contributed by atoms with van der Waals surface area (Å²) in [5.41, 5.74) is 11.3. The third kappa shape index (κ3) is 4.85. The zero-order valence-corrected chi connectivity index (χ0v) is 16.2. The molecule has 0 spiro atoms. The lowest BCUT2D eigenvalue weighted by Crippen LogP contribution is -1.98. The smallest absolute Gasteiger partial charge is 0.153 e. The van der Waals surface area contributed by atoms with Crippen LogP contribution in [-0.4, -0.2) is 21.3 Å². The van der Waals surface area contributed by atoms with Gasteiger partial charge in [-0.25, -0.2) is 15.0 Å². The second kappa shape index (κ2) is 9.97. The van der Waals surface area contributed by atoms with Crippen LogP contribution in [0.2, 0.25) is 0 Å². The molecule has 3 heterocycles. The molecular formula is C22H25N5. The van der Waals surface area contributed by atoms with E-state index in [0.29, 0.717) is 5.82 Å². The molecule has 138 valence electrons. The maximum absolute atomic E-state index is 5.31. The second-order valence-electron chi connectivity index (χ2n) is 5.48. The van der Waals surface area contributed by atoms with Gasteiger partial charge in [-0.1, -0.05) is 26.0 Å². The molecule has 0 aliphatic carbocycles. The number of aromatic nitrogens is 3. The minimum absolute atomic E-state index is 0.580. The van der Waals surface area contributed by atoms with Crippen molar-refractivity contribution in [2.45, 2.75) is 27.7 Å². The van der Waals surface area contributed by atoms with E-state index < -0.39 is 0 Å². The maximum atomic E-state index is 5.31. The van der Waals surface area contributed by atoms with Crippen molar-refractivity contribution >= 4 is 17.7 Å². The second-order valence-corrected chi connectivity index (χ2v) is 5.48. The van der Waals surface area contributed by atoms with Gasteiger partial charge in [-0.05, 0) is 49.7 Å². The van der Waals surface area contributed by atoms with E-state index in [0.717, 1.165) is 33.7 Å². The standard InChI is InChI=1S/C20H19N5.C2H6/c1-3-17(16-5-7-19(23-12-16)24-13-21)20-14(2)4-6-18(25-20)15-8-10-22-11-9-15;1-2/h3-13H,1-2H3,(H2,21,23,24);1-2H3/b17-3-;. The first kappa shape index (κ1) is 20.0. The van der Waals surface area contributed by atoms with Gasteiger partial charge in [0.05, 0.1) is 17.7 Å². The van der Waals surface area contributed by atoms with Gasteiger partial charge in [0, 0.05) is 35.3 Å². The van der Waals surface area contributed by atoms with Crippen LogP contribution >= 0.6 is 0 Å². The third-order valence-electron chi connectivity index (χ3n) is 3.88. The molecule has 0 saturated carbocycles. The number of hydrogen-bond donors (Lipinski definition) is 1. The fourth-order valence-electron chi connectivity index (χ4n) is 2.62. The Balaban J connectivity index is 0.00000126. The molecule has 5 nitrogen and oxygen atoms in total. The van der Waals surface area contributed by atoms with E-state index in [-0.39, 0.29) is 0 Å². The number of nitrogens with two attached hydrogens (primary N) is 1. The molecule has 27 heavy (non-hydrogen) atoms. The molecule has 0 aliphatic heterocycles. The Kier molecular flexibility index (Phi) is 7.37. The highest BCUT2D eigenvalue weighted by atomic mass is 14.9. The Bertz CT molecular complexity index is 913. The van der Waals surface area contributed by atoms with Crippen molar-refractivity contribution in [3.63, 3.8) is 0 Å². The number of aryl methyl sites for hydroxylation is 1. The number of rotatable bonds is 4. The largest absolute Gasteiger partial charge is 0.390 e. The molecule has 0 amide bonds. The van der Waals surface area contributed by atoms with E-state index in [9.17, 15) is 0 Å². The number of hydrogen-bond acceptors (Lipinski definition) is 4. The summed E-state index contributed by atoms with van der Waals surface area (Å²) in [4.78, 5) is 17.2. The van der Waals surface area contributed by atoms with Crippen LogP contribution in [0.1, 0.15) is 37.6 Å². The lowest BCUT2D eigenvalue weighted by Gasteiger charge is -2.12. The van der Waals surface area contributed by atoms with Crippen molar-refractivity contribution < 1.29 is 0 Å². The first-order chi connectivity index (χ1) is 13.2. The van der Waals surface area contributed by atoms with Gasteiger partial charge >= 0.3 is 0 Å². The summed E-state index contributed by atoms with van der Waals surface area (Å²) >= 11 is 0. The van der Waals surface area contributed by atoms with E-state index in [1.54, 1.807) is 18.6 Å². The first-order valence-corrected chi connectivity index (χ1v) is 8.98. The van der Waals surface area contributed by atoms with Crippen LogP contribution < -0.4 is 5.73 Å². The molecule has 0 unspecified atom stereocenters. The fourth-order valence-corrected chi connectivity index (χ4v) is 2.62. The van der Waals surface area contributed by atoms with Crippen LogP contribution in [0.4, 0.5) is 5.82 Å². The number of allylic oxidation sites excluding steroid dienone is 1. The van der Waals surface area contributed by atoms with Gasteiger partial charge in [0.2, 0.25) is 0 Å². The molecule has 0 radical (unpaired) electrons. The lowest BCUT2D eigenvalue weighted by atomic mass is 9.99. The molecule has 0 aliphatic rings. The van der Waals surface area contributed by atoms with E-state index in [1.165, 1.54) is 6.34 Å². The van der Waals surface area contributed by atoms with Crippen LogP contribution in [0.15, 0.2) is 66.1 Å². The van der Waals surface area contributed by atoms with Crippen molar-refractivity contribution in [1.29, 1.82) is 0 Å². The highest BCUT2D eigenvalue weighted by Crippen LogP contribution is 2.27. The predicted molar refractivity (Wildman–Crippen MR) is 113 cm³/mol. The highest BCUT2D eigenvalue weighted by molar-refractivity contribution is 5.80. The Labute approximate surface area is 160 Å². The van der Waals surface area contributed by atoms with Crippen molar-refractivity contribution in [3.05, 3.63) is 77.9 Å². The highest BCUT2D eigenvalue weighted by Gasteiger charge is 2.11. The van der Waals surface area contributed by atoms with Gasteiger partial charge in [-0.3, -0.25) is 4.98 Å². The van der Waals surface area contributed by atoms with Gasteiger partial charge in [0.1, 0.15) is 0 Å². The number of nitrogens with zero attached hydrogens (tertiary/aromatic N) is 4. The van der Waals surface area contributed by atoms with Gasteiger partial charge in [0.25, 0.3) is 0 Å². The quantitative estimate of drug-likeness (QED) is 0.528. The molecular weight excluding hydrogens is 334 g/mol. The Morgan fingerprint density at radius 3 is 2.37 bits per heavy atom. The first-order valence-electron chi connectivity index (χ1n) is 8.98. The fraction of sp³-hybridized carbons (Fsp3) is 0.182. The minimum Gasteiger partial charge on any atom is -0.390 e. The molecule has 0 bridgehead atoms. The molecule has 3 aromatic heterocycles. The summed E-state index contributed by atoms with van der Waals surface area (Å²) in [6, 6.07) is 11.8. The summed E-state index contributed by atoms with van der Waals surface area (Å²) < 4.78 is 0. The third-order valence-corrected chi connectivity index (χ3v) is 3.88. The van der Waals surface area contributed by atoms with Crippen LogP contribution in [0.3, 0.4) is 0 Å². The van der Waals surface area contributed by atoms with Crippen molar-refractivity contribution in [3.8, 4) is 11.3 Å². The maximum Gasteiger partial charge on any atom is 0.153 e. The molecule has 0 aromatic carbocycles. The number of pyridine rings is 3. The normalized spacial score (nSPS) is 11.2. The van der Waals surface area contributed by atoms with Crippen molar-refractivity contribution in [2.75, 3.05) is 0 Å². The van der Waals surface area contributed by atoms with Crippen LogP contribution in [0.5, 0.6) is 0 Å². The SMILES string of the molecule is C/C=C(/c1ccc(N=CN)nc1)c1nc(-c2ccncc2)ccc1C.CC. The minimum atomic E-state index is 0.580.